The van der Waals surface area contributed by atoms with Gasteiger partial charge in [-0.3, -0.25) is 4.98 Å². The number of sulfone groups is 1. The van der Waals surface area contributed by atoms with Crippen LogP contribution in [0.5, 0.6) is 0 Å². The molecule has 1 atom stereocenters. The largest absolute Gasteiger partial charge is 0.259 e. The van der Waals surface area contributed by atoms with Gasteiger partial charge in [-0.05, 0) is 17.2 Å². The molecule has 86 valence electrons. The number of aromatic nitrogens is 1. The molecule has 3 nitrogen and oxygen atoms in total. The van der Waals surface area contributed by atoms with Gasteiger partial charge in [0.05, 0.1) is 5.69 Å². The Labute approximate surface area is 100 Å². The molecule has 1 aliphatic carbocycles. The van der Waals surface area contributed by atoms with Crippen LogP contribution in [0.4, 0.5) is 0 Å². The van der Waals surface area contributed by atoms with E-state index in [9.17, 15) is 8.42 Å². The maximum Gasteiger partial charge on any atom is 0.160 e. The highest BCUT2D eigenvalue weighted by molar-refractivity contribution is 7.91. The van der Waals surface area contributed by atoms with Gasteiger partial charge >= 0.3 is 0 Å². The molecule has 1 aliphatic rings. The zero-order valence-electron chi connectivity index (χ0n) is 9.29. The van der Waals surface area contributed by atoms with E-state index in [4.69, 9.17) is 0 Å². The van der Waals surface area contributed by atoms with Crippen LogP contribution in [0.3, 0.4) is 0 Å². The Morgan fingerprint density at radius 3 is 2.53 bits per heavy atom. The predicted octanol–water partition coefficient (Wildman–Crippen LogP) is 2.20. The van der Waals surface area contributed by atoms with Gasteiger partial charge in [0, 0.05) is 18.0 Å². The van der Waals surface area contributed by atoms with Crippen LogP contribution >= 0.6 is 0 Å². The molecule has 0 bridgehead atoms. The van der Waals surface area contributed by atoms with Crippen LogP contribution in [0.1, 0.15) is 16.5 Å². The third kappa shape index (κ3) is 1.48. The molecular formula is C13H11NO2S. The van der Waals surface area contributed by atoms with Crippen molar-refractivity contribution < 1.29 is 8.42 Å². The van der Waals surface area contributed by atoms with E-state index >= 15 is 0 Å². The topological polar surface area (TPSA) is 47.0 Å². The van der Waals surface area contributed by atoms with E-state index < -0.39 is 15.1 Å². The predicted molar refractivity (Wildman–Crippen MR) is 66.4 cm³/mol. The molecule has 17 heavy (non-hydrogen) atoms. The van der Waals surface area contributed by atoms with E-state index in [0.717, 1.165) is 16.7 Å². The fourth-order valence-electron chi connectivity index (χ4n) is 2.41. The zero-order chi connectivity index (χ0) is 12.0. The van der Waals surface area contributed by atoms with Crippen molar-refractivity contribution >= 4 is 9.84 Å². The highest BCUT2D eigenvalue weighted by Crippen LogP contribution is 2.45. The van der Waals surface area contributed by atoms with Gasteiger partial charge in [-0.15, -0.1) is 0 Å². The highest BCUT2D eigenvalue weighted by Gasteiger charge is 2.36. The standard InChI is InChI=1S/C13H11NO2S/c1-17(15,16)13-11-6-3-2-5-9(11)10-7-4-8-14-12(10)13/h2-8,13H,1H3. The lowest BCUT2D eigenvalue weighted by Gasteiger charge is -2.09. The number of benzene rings is 1. The van der Waals surface area contributed by atoms with Gasteiger partial charge in [-0.2, -0.15) is 0 Å². The van der Waals surface area contributed by atoms with E-state index in [-0.39, 0.29) is 0 Å². The first-order chi connectivity index (χ1) is 8.09. The minimum Gasteiger partial charge on any atom is -0.259 e. The van der Waals surface area contributed by atoms with E-state index in [0.29, 0.717) is 5.69 Å². The van der Waals surface area contributed by atoms with Crippen LogP contribution in [0.25, 0.3) is 11.1 Å². The summed E-state index contributed by atoms with van der Waals surface area (Å²) in [5.41, 5.74) is 3.39. The van der Waals surface area contributed by atoms with Gasteiger partial charge in [0.2, 0.25) is 0 Å². The van der Waals surface area contributed by atoms with Crippen LogP contribution in [0.2, 0.25) is 0 Å². The Bertz CT molecular complexity index is 647. The van der Waals surface area contributed by atoms with Gasteiger partial charge in [-0.1, -0.05) is 30.3 Å². The second-order valence-corrected chi connectivity index (χ2v) is 6.36. The average molecular weight is 245 g/mol. The lowest BCUT2D eigenvalue weighted by molar-refractivity contribution is 0.595. The Morgan fingerprint density at radius 2 is 1.76 bits per heavy atom. The molecule has 0 fully saturated rings. The number of nitrogens with zero attached hydrogens (tertiary/aromatic N) is 1. The summed E-state index contributed by atoms with van der Waals surface area (Å²) < 4.78 is 23.8. The summed E-state index contributed by atoms with van der Waals surface area (Å²) in [4.78, 5) is 4.24. The second kappa shape index (κ2) is 3.40. The summed E-state index contributed by atoms with van der Waals surface area (Å²) >= 11 is 0. The molecule has 0 radical (unpaired) electrons. The van der Waals surface area contributed by atoms with Gasteiger partial charge in [0.15, 0.2) is 9.84 Å². The number of pyridine rings is 1. The number of hydrogen-bond donors (Lipinski definition) is 0. The van der Waals surface area contributed by atoms with E-state index in [1.165, 1.54) is 6.26 Å². The molecule has 0 amide bonds. The maximum absolute atomic E-state index is 11.9. The molecule has 0 aliphatic heterocycles. The van der Waals surface area contributed by atoms with Crippen molar-refractivity contribution in [2.45, 2.75) is 5.25 Å². The first kappa shape index (κ1) is 10.5. The molecule has 1 aromatic heterocycles. The molecule has 2 aromatic rings. The summed E-state index contributed by atoms with van der Waals surface area (Å²) in [6.07, 6.45) is 2.90. The second-order valence-electron chi connectivity index (χ2n) is 4.23. The monoisotopic (exact) mass is 245 g/mol. The van der Waals surface area contributed by atoms with Crippen molar-refractivity contribution in [3.05, 3.63) is 53.9 Å². The molecule has 1 aromatic carbocycles. The summed E-state index contributed by atoms with van der Waals surface area (Å²) in [5, 5.41) is -0.616. The normalized spacial score (nSPS) is 17.6. The molecule has 0 saturated carbocycles. The Balaban J connectivity index is 2.39. The summed E-state index contributed by atoms with van der Waals surface area (Å²) in [5.74, 6) is 0. The lowest BCUT2D eigenvalue weighted by atomic mass is 10.1. The van der Waals surface area contributed by atoms with Crippen molar-refractivity contribution in [2.24, 2.45) is 0 Å². The van der Waals surface area contributed by atoms with Gasteiger partial charge in [0.1, 0.15) is 5.25 Å². The summed E-state index contributed by atoms with van der Waals surface area (Å²) in [6, 6.07) is 11.3. The van der Waals surface area contributed by atoms with Crippen LogP contribution in [-0.2, 0) is 9.84 Å². The average Bonchev–Trinajstić information content (AvgIpc) is 2.63. The van der Waals surface area contributed by atoms with Crippen LogP contribution in [-0.4, -0.2) is 19.7 Å². The first-order valence-corrected chi connectivity index (χ1v) is 7.27. The third-order valence-electron chi connectivity index (χ3n) is 3.05. The zero-order valence-corrected chi connectivity index (χ0v) is 10.1. The Hall–Kier alpha value is -1.68. The molecule has 0 spiro atoms. The SMILES string of the molecule is CS(=O)(=O)C1c2ccccc2-c2cccnc21. The number of fused-ring (bicyclic) bond motifs is 3. The van der Waals surface area contributed by atoms with Gasteiger partial charge in [0.25, 0.3) is 0 Å². The number of hydrogen-bond acceptors (Lipinski definition) is 3. The highest BCUT2D eigenvalue weighted by atomic mass is 32.2. The van der Waals surface area contributed by atoms with Gasteiger partial charge < -0.3 is 0 Å². The van der Waals surface area contributed by atoms with E-state index in [1.54, 1.807) is 6.20 Å². The fourth-order valence-corrected chi connectivity index (χ4v) is 3.67. The smallest absolute Gasteiger partial charge is 0.160 e. The van der Waals surface area contributed by atoms with E-state index in [1.807, 2.05) is 36.4 Å². The summed E-state index contributed by atoms with van der Waals surface area (Å²) in [6.45, 7) is 0. The molecule has 0 saturated heterocycles. The third-order valence-corrected chi connectivity index (χ3v) is 4.38. The summed E-state index contributed by atoms with van der Waals surface area (Å²) in [7, 11) is -3.19. The van der Waals surface area contributed by atoms with E-state index in [2.05, 4.69) is 4.98 Å². The Morgan fingerprint density at radius 1 is 1.06 bits per heavy atom. The van der Waals surface area contributed by atoms with Crippen molar-refractivity contribution in [1.82, 2.24) is 4.98 Å². The number of rotatable bonds is 1. The first-order valence-electron chi connectivity index (χ1n) is 5.32. The van der Waals surface area contributed by atoms with Crippen molar-refractivity contribution in [2.75, 3.05) is 6.26 Å². The van der Waals surface area contributed by atoms with Crippen LogP contribution in [0, 0.1) is 0 Å². The molecule has 1 unspecified atom stereocenters. The van der Waals surface area contributed by atoms with Crippen molar-refractivity contribution in [3.63, 3.8) is 0 Å². The maximum atomic E-state index is 11.9. The minimum atomic E-state index is -3.19. The van der Waals surface area contributed by atoms with Crippen LogP contribution in [0.15, 0.2) is 42.6 Å². The van der Waals surface area contributed by atoms with Gasteiger partial charge in [-0.25, -0.2) is 8.42 Å². The molecule has 4 heteroatoms. The molecular weight excluding hydrogens is 234 g/mol. The molecule has 3 rings (SSSR count). The Kier molecular flexibility index (Phi) is 2.10. The minimum absolute atomic E-state index is 0.616. The molecule has 1 heterocycles. The fraction of sp³-hybridized carbons (Fsp3) is 0.154. The van der Waals surface area contributed by atoms with Crippen molar-refractivity contribution in [1.29, 1.82) is 0 Å². The lowest BCUT2D eigenvalue weighted by Crippen LogP contribution is -2.11. The van der Waals surface area contributed by atoms with Crippen molar-refractivity contribution in [3.8, 4) is 11.1 Å². The quantitative estimate of drug-likeness (QED) is 0.773. The van der Waals surface area contributed by atoms with Crippen LogP contribution < -0.4 is 0 Å². The molecule has 0 N–H and O–H groups in total.